The van der Waals surface area contributed by atoms with Crippen LogP contribution in [0.1, 0.15) is 271 Å². The zero-order valence-corrected chi connectivity index (χ0v) is 40.0. The second-order valence-corrected chi connectivity index (χ2v) is 17.4. The van der Waals surface area contributed by atoms with Crippen LogP contribution in [-0.2, 0) is 28.6 Å². The Bertz CT molecular complexity index is 1020. The highest BCUT2D eigenvalue weighted by Crippen LogP contribution is 2.15. The third-order valence-electron chi connectivity index (χ3n) is 11.4. The highest BCUT2D eigenvalue weighted by Gasteiger charge is 2.19. The van der Waals surface area contributed by atoms with Crippen LogP contribution in [0.15, 0.2) is 36.5 Å². The van der Waals surface area contributed by atoms with Gasteiger partial charge in [0.15, 0.2) is 6.10 Å². The lowest BCUT2D eigenvalue weighted by Gasteiger charge is -2.18. The third kappa shape index (κ3) is 46.7. The van der Waals surface area contributed by atoms with E-state index in [4.69, 9.17) is 14.2 Å². The standard InChI is InChI=1S/C54H98O6/c1-4-7-10-13-16-19-22-25-26-27-30-32-35-38-41-44-47-53(56)59-50-51(60-54(57)48-45-42-39-36-33-29-24-21-18-15-12-9-6-3)49-58-52(55)46-43-40-37-34-31-28-23-20-17-14-11-8-5-2/h28-29,31,33,39,42,51H,4-27,30,32,34-38,40-41,43-50H2,1-3H3/b31-28-,33-29-,42-39-. The summed E-state index contributed by atoms with van der Waals surface area (Å²) in [7, 11) is 0. The van der Waals surface area contributed by atoms with Crippen molar-refractivity contribution in [3.8, 4) is 0 Å². The van der Waals surface area contributed by atoms with E-state index >= 15 is 0 Å². The highest BCUT2D eigenvalue weighted by molar-refractivity contribution is 5.71. The molecule has 1 atom stereocenters. The maximum atomic E-state index is 12.7. The second kappa shape index (κ2) is 49.3. The van der Waals surface area contributed by atoms with Gasteiger partial charge in [-0.25, -0.2) is 0 Å². The normalized spacial score (nSPS) is 12.2. The SMILES string of the molecule is CCCCCCCC/C=C\C/C=C\CCC(=O)OC(COC(=O)CCCCC/C=C\CCCCCCCC)COC(=O)CCCCCCCCCCCCCCCCCC. The molecule has 0 aromatic carbocycles. The quantitative estimate of drug-likeness (QED) is 0.0263. The van der Waals surface area contributed by atoms with Gasteiger partial charge in [0.05, 0.1) is 0 Å². The van der Waals surface area contributed by atoms with Crippen molar-refractivity contribution in [2.24, 2.45) is 0 Å². The Morgan fingerprint density at radius 1 is 0.333 bits per heavy atom. The van der Waals surface area contributed by atoms with Crippen LogP contribution in [0.3, 0.4) is 0 Å². The molecule has 0 saturated heterocycles. The summed E-state index contributed by atoms with van der Waals surface area (Å²) in [4.78, 5) is 37.9. The fourth-order valence-corrected chi connectivity index (χ4v) is 7.43. The molecule has 0 bridgehead atoms. The van der Waals surface area contributed by atoms with E-state index in [2.05, 4.69) is 51.2 Å². The first-order valence-electron chi connectivity index (χ1n) is 26.0. The van der Waals surface area contributed by atoms with Crippen LogP contribution in [0.5, 0.6) is 0 Å². The van der Waals surface area contributed by atoms with Gasteiger partial charge in [-0.15, -0.1) is 0 Å². The van der Waals surface area contributed by atoms with Gasteiger partial charge in [-0.3, -0.25) is 14.4 Å². The largest absolute Gasteiger partial charge is 0.462 e. The number of ether oxygens (including phenoxy) is 3. The van der Waals surface area contributed by atoms with E-state index in [-0.39, 0.29) is 37.5 Å². The fourth-order valence-electron chi connectivity index (χ4n) is 7.43. The molecule has 0 aliphatic rings. The maximum absolute atomic E-state index is 12.7. The summed E-state index contributed by atoms with van der Waals surface area (Å²) >= 11 is 0. The van der Waals surface area contributed by atoms with E-state index in [0.29, 0.717) is 19.3 Å². The van der Waals surface area contributed by atoms with Gasteiger partial charge in [-0.05, 0) is 64.2 Å². The minimum absolute atomic E-state index is 0.0962. The van der Waals surface area contributed by atoms with Gasteiger partial charge in [0.2, 0.25) is 0 Å². The summed E-state index contributed by atoms with van der Waals surface area (Å²) in [5.74, 6) is -0.972. The number of hydrogen-bond acceptors (Lipinski definition) is 6. The molecule has 0 N–H and O–H groups in total. The molecule has 0 aliphatic carbocycles. The van der Waals surface area contributed by atoms with Crippen molar-refractivity contribution >= 4 is 17.9 Å². The van der Waals surface area contributed by atoms with Gasteiger partial charge in [0.25, 0.3) is 0 Å². The molecule has 6 heteroatoms. The minimum Gasteiger partial charge on any atom is -0.462 e. The van der Waals surface area contributed by atoms with Crippen molar-refractivity contribution in [2.75, 3.05) is 13.2 Å². The van der Waals surface area contributed by atoms with Crippen LogP contribution in [-0.4, -0.2) is 37.2 Å². The van der Waals surface area contributed by atoms with Gasteiger partial charge in [0.1, 0.15) is 13.2 Å². The van der Waals surface area contributed by atoms with Crippen molar-refractivity contribution in [3.05, 3.63) is 36.5 Å². The predicted molar refractivity (Wildman–Crippen MR) is 256 cm³/mol. The molecule has 0 amide bonds. The molecule has 0 heterocycles. The fraction of sp³-hybridized carbons (Fsp3) is 0.833. The molecular formula is C54H98O6. The average Bonchev–Trinajstić information content (AvgIpc) is 3.24. The van der Waals surface area contributed by atoms with Crippen LogP contribution < -0.4 is 0 Å². The highest BCUT2D eigenvalue weighted by atomic mass is 16.6. The summed E-state index contributed by atoms with van der Waals surface area (Å²) in [5, 5.41) is 0. The number of rotatable bonds is 47. The molecule has 0 aromatic heterocycles. The Balaban J connectivity index is 4.41. The molecule has 6 nitrogen and oxygen atoms in total. The smallest absolute Gasteiger partial charge is 0.306 e. The topological polar surface area (TPSA) is 78.9 Å². The summed E-state index contributed by atoms with van der Waals surface area (Å²) in [6, 6.07) is 0. The van der Waals surface area contributed by atoms with Gasteiger partial charge in [-0.2, -0.15) is 0 Å². The Morgan fingerprint density at radius 3 is 1.02 bits per heavy atom. The summed E-state index contributed by atoms with van der Waals surface area (Å²) in [5.41, 5.74) is 0. The van der Waals surface area contributed by atoms with Crippen LogP contribution in [0.4, 0.5) is 0 Å². The predicted octanol–water partition coefficient (Wildman–Crippen LogP) is 16.9. The van der Waals surface area contributed by atoms with Crippen molar-refractivity contribution in [2.45, 2.75) is 277 Å². The molecule has 0 rings (SSSR count). The summed E-state index contributed by atoms with van der Waals surface area (Å²) in [6.45, 7) is 6.58. The average molecular weight is 843 g/mol. The van der Waals surface area contributed by atoms with Gasteiger partial charge >= 0.3 is 17.9 Å². The number of hydrogen-bond donors (Lipinski definition) is 0. The number of esters is 3. The second-order valence-electron chi connectivity index (χ2n) is 17.4. The lowest BCUT2D eigenvalue weighted by molar-refractivity contribution is -0.166. The van der Waals surface area contributed by atoms with E-state index < -0.39 is 6.10 Å². The lowest BCUT2D eigenvalue weighted by Crippen LogP contribution is -2.30. The third-order valence-corrected chi connectivity index (χ3v) is 11.4. The van der Waals surface area contributed by atoms with Crippen molar-refractivity contribution < 1.29 is 28.6 Å². The summed E-state index contributed by atoms with van der Waals surface area (Å²) in [6.07, 6.45) is 57.1. The van der Waals surface area contributed by atoms with Gasteiger partial charge in [0, 0.05) is 19.3 Å². The van der Waals surface area contributed by atoms with Crippen LogP contribution >= 0.6 is 0 Å². The van der Waals surface area contributed by atoms with E-state index in [1.807, 2.05) is 6.08 Å². The maximum Gasteiger partial charge on any atom is 0.306 e. The molecule has 0 aromatic rings. The van der Waals surface area contributed by atoms with E-state index in [9.17, 15) is 14.4 Å². The molecule has 350 valence electrons. The van der Waals surface area contributed by atoms with Crippen LogP contribution in [0.2, 0.25) is 0 Å². The van der Waals surface area contributed by atoms with Crippen LogP contribution in [0, 0.1) is 0 Å². The molecule has 0 saturated carbocycles. The van der Waals surface area contributed by atoms with Gasteiger partial charge in [-0.1, -0.05) is 224 Å². The summed E-state index contributed by atoms with van der Waals surface area (Å²) < 4.78 is 16.7. The van der Waals surface area contributed by atoms with Crippen molar-refractivity contribution in [3.63, 3.8) is 0 Å². The van der Waals surface area contributed by atoms with Crippen LogP contribution in [0.25, 0.3) is 0 Å². The zero-order valence-electron chi connectivity index (χ0n) is 40.0. The first-order valence-corrected chi connectivity index (χ1v) is 26.0. The molecule has 0 fully saturated rings. The van der Waals surface area contributed by atoms with E-state index in [1.165, 1.54) is 161 Å². The monoisotopic (exact) mass is 843 g/mol. The molecule has 0 radical (unpaired) electrons. The number of carbonyl (C=O) groups is 3. The first-order chi connectivity index (χ1) is 29.5. The molecular weight excluding hydrogens is 745 g/mol. The number of unbranched alkanes of at least 4 members (excludes halogenated alkanes) is 30. The van der Waals surface area contributed by atoms with Crippen molar-refractivity contribution in [1.82, 2.24) is 0 Å². The lowest BCUT2D eigenvalue weighted by atomic mass is 10.0. The Kier molecular flexibility index (Phi) is 47.3. The Hall–Kier alpha value is -2.37. The molecule has 60 heavy (non-hydrogen) atoms. The zero-order chi connectivity index (χ0) is 43.7. The number of allylic oxidation sites excluding steroid dienone is 6. The number of carbonyl (C=O) groups excluding carboxylic acids is 3. The molecule has 0 spiro atoms. The molecule has 1 unspecified atom stereocenters. The Labute approximate surface area is 372 Å². The van der Waals surface area contributed by atoms with E-state index in [0.717, 1.165) is 64.2 Å². The van der Waals surface area contributed by atoms with Crippen molar-refractivity contribution in [1.29, 1.82) is 0 Å². The van der Waals surface area contributed by atoms with E-state index in [1.54, 1.807) is 0 Å². The first kappa shape index (κ1) is 57.6. The van der Waals surface area contributed by atoms with Gasteiger partial charge < -0.3 is 14.2 Å². The Morgan fingerprint density at radius 2 is 0.633 bits per heavy atom. The minimum atomic E-state index is -0.804. The molecule has 0 aliphatic heterocycles.